The number of nitrogens with zero attached hydrogens (tertiary/aromatic N) is 5. The molecular formula is C32H37N7O4. The first-order valence-electron chi connectivity index (χ1n) is 14.7. The molecule has 0 atom stereocenters. The molecule has 43 heavy (non-hydrogen) atoms. The lowest BCUT2D eigenvalue weighted by atomic mass is 10.0. The molecule has 0 radical (unpaired) electrons. The van der Waals surface area contributed by atoms with Gasteiger partial charge < -0.3 is 29.9 Å². The number of carbonyl (C=O) groups is 2. The Labute approximate surface area is 251 Å². The van der Waals surface area contributed by atoms with Crippen LogP contribution in [0.4, 0.5) is 27.7 Å². The van der Waals surface area contributed by atoms with Crippen molar-refractivity contribution in [3.8, 4) is 0 Å². The minimum atomic E-state index is -0.529. The van der Waals surface area contributed by atoms with E-state index in [1.165, 1.54) is 5.56 Å². The molecule has 2 amide bonds. The first-order valence-corrected chi connectivity index (χ1v) is 14.7. The largest absolute Gasteiger partial charge is 0.444 e. The summed E-state index contributed by atoms with van der Waals surface area (Å²) < 4.78 is 10.8. The van der Waals surface area contributed by atoms with E-state index in [-0.39, 0.29) is 18.4 Å². The number of hydrogen-bond acceptors (Lipinski definition) is 9. The summed E-state index contributed by atoms with van der Waals surface area (Å²) in [6.45, 7) is 9.89. The Balaban J connectivity index is 1.02. The number of fused-ring (bicyclic) bond motifs is 1. The molecule has 2 aromatic heterocycles. The van der Waals surface area contributed by atoms with Crippen LogP contribution in [0.1, 0.15) is 37.6 Å². The number of pyridine rings is 2. The Bertz CT molecular complexity index is 1520. The molecule has 2 fully saturated rings. The Morgan fingerprint density at radius 2 is 1.74 bits per heavy atom. The van der Waals surface area contributed by atoms with E-state index in [4.69, 9.17) is 14.5 Å². The van der Waals surface area contributed by atoms with Crippen LogP contribution in [0.25, 0.3) is 0 Å². The lowest BCUT2D eigenvalue weighted by Crippen LogP contribution is -2.60. The molecule has 0 bridgehead atoms. The second kappa shape index (κ2) is 12.0. The Morgan fingerprint density at radius 3 is 2.49 bits per heavy atom. The van der Waals surface area contributed by atoms with Crippen molar-refractivity contribution in [2.75, 3.05) is 54.5 Å². The van der Waals surface area contributed by atoms with E-state index in [1.807, 2.05) is 69.4 Å². The predicted octanol–water partition coefficient (Wildman–Crippen LogP) is 3.88. The van der Waals surface area contributed by atoms with Crippen LogP contribution >= 0.6 is 0 Å². The van der Waals surface area contributed by atoms with Gasteiger partial charge in [-0.05, 0) is 62.2 Å². The molecule has 3 aliphatic heterocycles. The number of ether oxygens (including phenoxy) is 2. The van der Waals surface area contributed by atoms with Crippen molar-refractivity contribution >= 4 is 40.6 Å². The third kappa shape index (κ3) is 6.94. The zero-order valence-electron chi connectivity index (χ0n) is 24.8. The summed E-state index contributed by atoms with van der Waals surface area (Å²) >= 11 is 0. The molecule has 5 heterocycles. The van der Waals surface area contributed by atoms with E-state index in [9.17, 15) is 9.59 Å². The van der Waals surface area contributed by atoms with Crippen molar-refractivity contribution in [3.05, 3.63) is 71.7 Å². The van der Waals surface area contributed by atoms with Crippen LogP contribution in [0, 0.1) is 0 Å². The number of alkyl carbamates (subject to hydrolysis) is 1. The van der Waals surface area contributed by atoms with Crippen LogP contribution in [0.3, 0.4) is 0 Å². The number of anilines is 3. The van der Waals surface area contributed by atoms with Crippen LogP contribution in [-0.4, -0.2) is 78.7 Å². The van der Waals surface area contributed by atoms with Gasteiger partial charge in [0.05, 0.1) is 37.1 Å². The third-order valence-corrected chi connectivity index (χ3v) is 7.52. The summed E-state index contributed by atoms with van der Waals surface area (Å²) in [4.78, 5) is 43.2. The number of benzene rings is 1. The van der Waals surface area contributed by atoms with Crippen molar-refractivity contribution < 1.29 is 19.1 Å². The van der Waals surface area contributed by atoms with Gasteiger partial charge in [0.2, 0.25) is 5.91 Å². The summed E-state index contributed by atoms with van der Waals surface area (Å²) in [6, 6.07) is 13.7. The van der Waals surface area contributed by atoms with Gasteiger partial charge in [0.15, 0.2) is 5.82 Å². The van der Waals surface area contributed by atoms with Crippen LogP contribution in [0.2, 0.25) is 0 Å². The Kier molecular flexibility index (Phi) is 7.98. The number of amides is 2. The van der Waals surface area contributed by atoms with Gasteiger partial charge in [-0.15, -0.1) is 0 Å². The lowest BCUT2D eigenvalue weighted by Gasteiger charge is -2.41. The van der Waals surface area contributed by atoms with Crippen molar-refractivity contribution in [1.82, 2.24) is 15.3 Å². The van der Waals surface area contributed by atoms with Gasteiger partial charge in [-0.3, -0.25) is 9.78 Å². The lowest BCUT2D eigenvalue weighted by molar-refractivity contribution is -0.115. The molecule has 1 aromatic carbocycles. The number of carbonyl (C=O) groups excluding carboxylic acids is 2. The number of hydrogen-bond donors (Lipinski definition) is 2. The molecular weight excluding hydrogens is 546 g/mol. The first kappa shape index (κ1) is 28.6. The highest BCUT2D eigenvalue weighted by Gasteiger charge is 2.30. The monoisotopic (exact) mass is 583 g/mol. The average molecular weight is 584 g/mol. The molecule has 0 unspecified atom stereocenters. The fraction of sp³-hybridized carbons (Fsp3) is 0.406. The van der Waals surface area contributed by atoms with Crippen LogP contribution in [-0.2, 0) is 27.1 Å². The predicted molar refractivity (Wildman–Crippen MR) is 166 cm³/mol. The minimum Gasteiger partial charge on any atom is -0.444 e. The zero-order chi connectivity index (χ0) is 30.0. The SMILES string of the molecule is CC(C)(C)OC(=O)NC1CN(c2ccnc(CC(=O)Nc3ccc(C4=Nc5c(ccnc5N5CCOCC5)C4)cc3)c2)C1. The van der Waals surface area contributed by atoms with Gasteiger partial charge in [-0.25, -0.2) is 14.8 Å². The number of rotatable bonds is 7. The van der Waals surface area contributed by atoms with Crippen LogP contribution in [0.5, 0.6) is 0 Å². The van der Waals surface area contributed by atoms with Crippen molar-refractivity contribution in [2.45, 2.75) is 45.3 Å². The van der Waals surface area contributed by atoms with E-state index in [1.54, 1.807) is 6.20 Å². The number of nitrogens with one attached hydrogen (secondary N) is 2. The second-order valence-electron chi connectivity index (χ2n) is 12.0. The molecule has 0 spiro atoms. The average Bonchev–Trinajstić information content (AvgIpc) is 3.39. The maximum Gasteiger partial charge on any atom is 0.407 e. The van der Waals surface area contributed by atoms with E-state index >= 15 is 0 Å². The quantitative estimate of drug-likeness (QED) is 0.430. The summed E-state index contributed by atoms with van der Waals surface area (Å²) in [5.41, 5.74) is 5.96. The summed E-state index contributed by atoms with van der Waals surface area (Å²) in [5.74, 6) is 0.779. The molecule has 3 aliphatic rings. The van der Waals surface area contributed by atoms with E-state index in [0.29, 0.717) is 32.0 Å². The molecule has 224 valence electrons. The zero-order valence-corrected chi connectivity index (χ0v) is 24.8. The fourth-order valence-electron chi connectivity index (χ4n) is 5.40. The Hall–Kier alpha value is -4.51. The highest BCUT2D eigenvalue weighted by Crippen LogP contribution is 2.36. The normalized spacial score (nSPS) is 16.7. The smallest absolute Gasteiger partial charge is 0.407 e. The van der Waals surface area contributed by atoms with Gasteiger partial charge in [0, 0.05) is 56.4 Å². The minimum absolute atomic E-state index is 0.0191. The Morgan fingerprint density at radius 1 is 1.00 bits per heavy atom. The van der Waals surface area contributed by atoms with Gasteiger partial charge in [-0.2, -0.15) is 0 Å². The molecule has 11 heteroatoms. The maximum atomic E-state index is 12.8. The number of morpholine rings is 1. The third-order valence-electron chi connectivity index (χ3n) is 7.52. The summed E-state index contributed by atoms with van der Waals surface area (Å²) in [7, 11) is 0. The van der Waals surface area contributed by atoms with E-state index in [2.05, 4.69) is 30.4 Å². The van der Waals surface area contributed by atoms with Gasteiger partial charge >= 0.3 is 6.09 Å². The standard InChI is InChI=1S/C32H37N7O4/c1-32(2,3)43-31(41)36-25-19-39(20-25)26-9-11-33-24(17-26)18-28(40)35-23-6-4-21(5-7-23)27-16-22-8-10-34-30(29(22)37-27)38-12-14-42-15-13-38/h4-11,17,25H,12-16,18-20H2,1-3H3,(H,35,40)(H,36,41). The second-order valence-corrected chi connectivity index (χ2v) is 12.0. The first-order chi connectivity index (χ1) is 20.7. The van der Waals surface area contributed by atoms with Crippen LogP contribution < -0.4 is 20.4 Å². The molecule has 11 nitrogen and oxygen atoms in total. The fourth-order valence-corrected chi connectivity index (χ4v) is 5.40. The topological polar surface area (TPSA) is 121 Å². The summed E-state index contributed by atoms with van der Waals surface area (Å²) in [5, 5.41) is 5.87. The molecule has 3 aromatic rings. The van der Waals surface area contributed by atoms with Gasteiger partial charge in [-0.1, -0.05) is 12.1 Å². The number of aliphatic imine (C=N–C) groups is 1. The van der Waals surface area contributed by atoms with E-state index < -0.39 is 11.7 Å². The van der Waals surface area contributed by atoms with Crippen molar-refractivity contribution in [1.29, 1.82) is 0 Å². The highest BCUT2D eigenvalue weighted by molar-refractivity contribution is 6.08. The maximum absolute atomic E-state index is 12.8. The molecule has 2 saturated heterocycles. The van der Waals surface area contributed by atoms with Crippen LogP contribution in [0.15, 0.2) is 59.9 Å². The molecule has 0 saturated carbocycles. The highest BCUT2D eigenvalue weighted by atomic mass is 16.6. The molecule has 0 aliphatic carbocycles. The molecule has 6 rings (SSSR count). The molecule has 2 N–H and O–H groups in total. The van der Waals surface area contributed by atoms with Gasteiger partial charge in [0.1, 0.15) is 11.3 Å². The van der Waals surface area contributed by atoms with E-state index in [0.717, 1.165) is 53.7 Å². The number of aromatic nitrogens is 2. The summed E-state index contributed by atoms with van der Waals surface area (Å²) in [6.07, 6.45) is 4.06. The van der Waals surface area contributed by atoms with Crippen molar-refractivity contribution in [3.63, 3.8) is 0 Å². The van der Waals surface area contributed by atoms with Crippen molar-refractivity contribution in [2.24, 2.45) is 4.99 Å². The van der Waals surface area contributed by atoms with Gasteiger partial charge in [0.25, 0.3) is 0 Å².